The van der Waals surface area contributed by atoms with Crippen LogP contribution >= 0.6 is 0 Å². The second-order valence-electron chi connectivity index (χ2n) is 6.32. The van der Waals surface area contributed by atoms with Crippen molar-refractivity contribution in [3.8, 4) is 12.3 Å². The van der Waals surface area contributed by atoms with Crippen LogP contribution in [0.3, 0.4) is 0 Å². The van der Waals surface area contributed by atoms with Gasteiger partial charge >= 0.3 is 6.09 Å². The predicted molar refractivity (Wildman–Crippen MR) is 88.6 cm³/mol. The standard InChI is InChI=1S/C18H22N2O2/c1-5-8-14(20-17(21)22-18(2,3)4)11-13-12-19-16-10-7-6-9-15(13)16/h1,6-7,9-10,12,14,19H,8,11H2,2-4H3,(H,20,21). The van der Waals surface area contributed by atoms with Crippen molar-refractivity contribution in [1.29, 1.82) is 0 Å². The van der Waals surface area contributed by atoms with Gasteiger partial charge in [0.25, 0.3) is 0 Å². The van der Waals surface area contributed by atoms with Crippen LogP contribution in [0.15, 0.2) is 30.5 Å². The van der Waals surface area contributed by atoms with Gasteiger partial charge in [-0.2, -0.15) is 0 Å². The lowest BCUT2D eigenvalue weighted by molar-refractivity contribution is 0.0505. The van der Waals surface area contributed by atoms with Crippen LogP contribution in [0.25, 0.3) is 10.9 Å². The molecule has 1 atom stereocenters. The van der Waals surface area contributed by atoms with Crippen LogP contribution in [0.4, 0.5) is 4.79 Å². The smallest absolute Gasteiger partial charge is 0.407 e. The maximum absolute atomic E-state index is 11.9. The molecule has 1 aromatic heterocycles. The van der Waals surface area contributed by atoms with Crippen molar-refractivity contribution in [3.05, 3.63) is 36.0 Å². The number of carbonyl (C=O) groups is 1. The van der Waals surface area contributed by atoms with Crippen molar-refractivity contribution in [3.63, 3.8) is 0 Å². The molecule has 2 aromatic rings. The van der Waals surface area contributed by atoms with Crippen LogP contribution in [-0.4, -0.2) is 22.7 Å². The van der Waals surface area contributed by atoms with Crippen LogP contribution in [-0.2, 0) is 11.2 Å². The number of benzene rings is 1. The Labute approximate surface area is 131 Å². The number of hydrogen-bond donors (Lipinski definition) is 2. The molecule has 1 unspecified atom stereocenters. The van der Waals surface area contributed by atoms with E-state index >= 15 is 0 Å². The molecule has 0 bridgehead atoms. The minimum atomic E-state index is -0.522. The number of amides is 1. The van der Waals surface area contributed by atoms with Gasteiger partial charge in [-0.1, -0.05) is 18.2 Å². The molecule has 2 N–H and O–H groups in total. The van der Waals surface area contributed by atoms with E-state index in [2.05, 4.69) is 22.3 Å². The van der Waals surface area contributed by atoms with Gasteiger partial charge in [0, 0.05) is 29.6 Å². The van der Waals surface area contributed by atoms with E-state index in [0.717, 1.165) is 16.5 Å². The van der Waals surface area contributed by atoms with E-state index in [9.17, 15) is 4.79 Å². The molecular weight excluding hydrogens is 276 g/mol. The maximum Gasteiger partial charge on any atom is 0.407 e. The molecule has 4 heteroatoms. The van der Waals surface area contributed by atoms with Gasteiger partial charge in [-0.05, 0) is 38.8 Å². The average Bonchev–Trinajstić information content (AvgIpc) is 2.80. The van der Waals surface area contributed by atoms with Crippen LogP contribution in [0.2, 0.25) is 0 Å². The van der Waals surface area contributed by atoms with E-state index in [4.69, 9.17) is 11.2 Å². The zero-order valence-corrected chi connectivity index (χ0v) is 13.3. The number of aromatic nitrogens is 1. The lowest BCUT2D eigenvalue weighted by Gasteiger charge is -2.22. The molecule has 0 radical (unpaired) electrons. The van der Waals surface area contributed by atoms with E-state index < -0.39 is 11.7 Å². The number of aromatic amines is 1. The Bertz CT molecular complexity index is 689. The Kier molecular flexibility index (Phi) is 4.77. The van der Waals surface area contributed by atoms with Crippen LogP contribution < -0.4 is 5.32 Å². The van der Waals surface area contributed by atoms with Gasteiger partial charge in [0.15, 0.2) is 0 Å². The van der Waals surface area contributed by atoms with Gasteiger partial charge in [-0.15, -0.1) is 12.3 Å². The largest absolute Gasteiger partial charge is 0.444 e. The van der Waals surface area contributed by atoms with Gasteiger partial charge in [0.05, 0.1) is 0 Å². The minimum Gasteiger partial charge on any atom is -0.444 e. The van der Waals surface area contributed by atoms with Crippen molar-refractivity contribution in [1.82, 2.24) is 10.3 Å². The quantitative estimate of drug-likeness (QED) is 0.847. The number of ether oxygens (including phenoxy) is 1. The number of terminal acetylenes is 1. The monoisotopic (exact) mass is 298 g/mol. The predicted octanol–water partition coefficient (Wildman–Crippen LogP) is 3.63. The average molecular weight is 298 g/mol. The number of carbonyl (C=O) groups excluding carboxylic acids is 1. The maximum atomic E-state index is 11.9. The second kappa shape index (κ2) is 6.57. The minimum absolute atomic E-state index is 0.154. The molecule has 0 aliphatic carbocycles. The highest BCUT2D eigenvalue weighted by Crippen LogP contribution is 2.20. The Morgan fingerprint density at radius 3 is 2.82 bits per heavy atom. The molecule has 0 aliphatic rings. The fraction of sp³-hybridized carbons (Fsp3) is 0.389. The number of hydrogen-bond acceptors (Lipinski definition) is 2. The lowest BCUT2D eigenvalue weighted by atomic mass is 10.0. The first kappa shape index (κ1) is 16.0. The molecule has 1 heterocycles. The Hall–Kier alpha value is -2.41. The topological polar surface area (TPSA) is 54.1 Å². The highest BCUT2D eigenvalue weighted by atomic mass is 16.6. The first-order valence-electron chi connectivity index (χ1n) is 7.37. The number of H-pyrrole nitrogens is 1. The molecule has 0 saturated carbocycles. The van der Waals surface area contributed by atoms with Crippen molar-refractivity contribution >= 4 is 17.0 Å². The van der Waals surface area contributed by atoms with Crippen molar-refractivity contribution in [2.24, 2.45) is 0 Å². The van der Waals surface area contributed by atoms with Crippen molar-refractivity contribution in [2.75, 3.05) is 0 Å². The summed E-state index contributed by atoms with van der Waals surface area (Å²) in [7, 11) is 0. The molecule has 22 heavy (non-hydrogen) atoms. The van der Waals surface area contributed by atoms with Gasteiger partial charge in [0.1, 0.15) is 5.60 Å². The fourth-order valence-corrected chi connectivity index (χ4v) is 2.36. The summed E-state index contributed by atoms with van der Waals surface area (Å²) in [4.78, 5) is 15.2. The first-order chi connectivity index (χ1) is 10.4. The molecule has 0 fully saturated rings. The van der Waals surface area contributed by atoms with Gasteiger partial charge in [-0.3, -0.25) is 0 Å². The molecule has 0 aliphatic heterocycles. The Balaban J connectivity index is 2.09. The summed E-state index contributed by atoms with van der Waals surface area (Å²) in [6.45, 7) is 5.51. The highest BCUT2D eigenvalue weighted by molar-refractivity contribution is 5.83. The fourth-order valence-electron chi connectivity index (χ4n) is 2.36. The summed E-state index contributed by atoms with van der Waals surface area (Å²) in [6, 6.07) is 7.91. The second-order valence-corrected chi connectivity index (χ2v) is 6.32. The number of fused-ring (bicyclic) bond motifs is 1. The first-order valence-corrected chi connectivity index (χ1v) is 7.37. The molecule has 4 nitrogen and oxygen atoms in total. The molecule has 1 aromatic carbocycles. The van der Waals surface area contributed by atoms with Gasteiger partial charge in [0.2, 0.25) is 0 Å². The van der Waals surface area contributed by atoms with Crippen molar-refractivity contribution < 1.29 is 9.53 Å². The molecule has 1 amide bonds. The van der Waals surface area contributed by atoms with Gasteiger partial charge < -0.3 is 15.0 Å². The molecule has 116 valence electrons. The highest BCUT2D eigenvalue weighted by Gasteiger charge is 2.20. The summed E-state index contributed by atoms with van der Waals surface area (Å²) in [5.74, 6) is 2.62. The van der Waals surface area contributed by atoms with E-state index in [0.29, 0.717) is 12.8 Å². The third-order valence-corrected chi connectivity index (χ3v) is 3.23. The number of nitrogens with one attached hydrogen (secondary N) is 2. The summed E-state index contributed by atoms with van der Waals surface area (Å²) in [5.41, 5.74) is 1.69. The summed E-state index contributed by atoms with van der Waals surface area (Å²) < 4.78 is 5.29. The molecule has 0 saturated heterocycles. The van der Waals surface area contributed by atoms with Crippen LogP contribution in [0.1, 0.15) is 32.8 Å². The SMILES string of the molecule is C#CCC(Cc1c[nH]c2ccccc12)NC(=O)OC(C)(C)C. The van der Waals surface area contributed by atoms with Crippen molar-refractivity contribution in [2.45, 2.75) is 45.3 Å². The summed E-state index contributed by atoms with van der Waals surface area (Å²) in [5, 5.41) is 4.01. The van der Waals surface area contributed by atoms with E-state index in [1.165, 1.54) is 0 Å². The zero-order chi connectivity index (χ0) is 16.2. The molecule has 2 rings (SSSR count). The molecule has 0 spiro atoms. The van der Waals surface area contributed by atoms with E-state index in [1.807, 2.05) is 45.2 Å². The Morgan fingerprint density at radius 1 is 1.41 bits per heavy atom. The zero-order valence-electron chi connectivity index (χ0n) is 13.3. The molecular formula is C18H22N2O2. The van der Waals surface area contributed by atoms with Crippen LogP contribution in [0, 0.1) is 12.3 Å². The summed E-state index contributed by atoms with van der Waals surface area (Å²) >= 11 is 0. The van der Waals surface area contributed by atoms with Gasteiger partial charge in [-0.25, -0.2) is 4.79 Å². The number of para-hydroxylation sites is 1. The van der Waals surface area contributed by atoms with Crippen LogP contribution in [0.5, 0.6) is 0 Å². The van der Waals surface area contributed by atoms with E-state index in [1.54, 1.807) is 0 Å². The van der Waals surface area contributed by atoms with E-state index in [-0.39, 0.29) is 6.04 Å². The normalized spacial score (nSPS) is 12.6. The third-order valence-electron chi connectivity index (χ3n) is 3.23. The lowest BCUT2D eigenvalue weighted by Crippen LogP contribution is -2.40. The summed E-state index contributed by atoms with van der Waals surface area (Å²) in [6.07, 6.45) is 8.07. The number of rotatable bonds is 4. The Morgan fingerprint density at radius 2 is 2.14 bits per heavy atom. The third kappa shape index (κ3) is 4.29. The number of alkyl carbamates (subject to hydrolysis) is 1.